The first kappa shape index (κ1) is 12.8. The van der Waals surface area contributed by atoms with Gasteiger partial charge in [-0.2, -0.15) is 0 Å². The van der Waals surface area contributed by atoms with Crippen LogP contribution in [0.2, 0.25) is 0 Å². The fraction of sp³-hybridized carbons (Fsp3) is 0.429. The molecule has 0 bridgehead atoms. The largest absolute Gasteiger partial charge is 0.497 e. The van der Waals surface area contributed by atoms with E-state index >= 15 is 0 Å². The van der Waals surface area contributed by atoms with E-state index in [1.165, 1.54) is 0 Å². The van der Waals surface area contributed by atoms with Crippen LogP contribution in [0.25, 0.3) is 0 Å². The SMILES string of the molecule is C=C[C@H](C)[C@H](C)OCc1ccc(OC)cc1. The molecule has 1 aromatic carbocycles. The minimum atomic E-state index is 0.194. The van der Waals surface area contributed by atoms with Gasteiger partial charge in [-0.1, -0.05) is 25.1 Å². The van der Waals surface area contributed by atoms with Crippen molar-refractivity contribution in [2.24, 2.45) is 5.92 Å². The Bertz CT molecular complexity index is 316. The van der Waals surface area contributed by atoms with Gasteiger partial charge in [0.05, 0.1) is 19.8 Å². The summed E-state index contributed by atoms with van der Waals surface area (Å²) in [6.07, 6.45) is 2.11. The average molecular weight is 220 g/mol. The summed E-state index contributed by atoms with van der Waals surface area (Å²) >= 11 is 0. The number of methoxy groups -OCH3 is 1. The molecule has 0 N–H and O–H groups in total. The molecule has 1 rings (SSSR count). The third-order valence-electron chi connectivity index (χ3n) is 2.78. The van der Waals surface area contributed by atoms with E-state index in [2.05, 4.69) is 20.4 Å². The molecule has 0 radical (unpaired) electrons. The molecule has 2 nitrogen and oxygen atoms in total. The molecule has 0 saturated carbocycles. The molecular formula is C14H20O2. The van der Waals surface area contributed by atoms with Crippen molar-refractivity contribution in [3.05, 3.63) is 42.5 Å². The summed E-state index contributed by atoms with van der Waals surface area (Å²) in [5.41, 5.74) is 1.16. The van der Waals surface area contributed by atoms with Crippen molar-refractivity contribution in [3.63, 3.8) is 0 Å². The van der Waals surface area contributed by atoms with Crippen LogP contribution in [-0.4, -0.2) is 13.2 Å². The van der Waals surface area contributed by atoms with Crippen molar-refractivity contribution in [2.75, 3.05) is 7.11 Å². The van der Waals surface area contributed by atoms with Gasteiger partial charge in [0.1, 0.15) is 5.75 Å². The van der Waals surface area contributed by atoms with Crippen LogP contribution in [0.1, 0.15) is 19.4 Å². The van der Waals surface area contributed by atoms with Crippen molar-refractivity contribution in [1.29, 1.82) is 0 Å². The van der Waals surface area contributed by atoms with Gasteiger partial charge in [-0.05, 0) is 30.5 Å². The van der Waals surface area contributed by atoms with Gasteiger partial charge in [-0.15, -0.1) is 6.58 Å². The Morgan fingerprint density at radius 2 is 1.88 bits per heavy atom. The normalized spacial score (nSPS) is 14.2. The van der Waals surface area contributed by atoms with E-state index in [9.17, 15) is 0 Å². The fourth-order valence-corrected chi connectivity index (χ4v) is 1.29. The molecule has 0 spiro atoms. The summed E-state index contributed by atoms with van der Waals surface area (Å²) in [6, 6.07) is 7.93. The smallest absolute Gasteiger partial charge is 0.118 e. The number of rotatable bonds is 6. The predicted octanol–water partition coefficient (Wildman–Crippen LogP) is 3.42. The highest BCUT2D eigenvalue weighted by atomic mass is 16.5. The molecule has 0 amide bonds. The number of hydrogen-bond acceptors (Lipinski definition) is 2. The van der Waals surface area contributed by atoms with Gasteiger partial charge in [-0.3, -0.25) is 0 Å². The van der Waals surface area contributed by atoms with Gasteiger partial charge in [0.15, 0.2) is 0 Å². The van der Waals surface area contributed by atoms with Gasteiger partial charge in [0, 0.05) is 0 Å². The molecule has 88 valence electrons. The summed E-state index contributed by atoms with van der Waals surface area (Å²) in [6.45, 7) is 8.56. The zero-order valence-corrected chi connectivity index (χ0v) is 10.3. The van der Waals surface area contributed by atoms with Crippen LogP contribution in [0.15, 0.2) is 36.9 Å². The van der Waals surface area contributed by atoms with Gasteiger partial charge in [-0.25, -0.2) is 0 Å². The molecular weight excluding hydrogens is 200 g/mol. The average Bonchev–Trinajstić information content (AvgIpc) is 2.35. The van der Waals surface area contributed by atoms with E-state index in [1.54, 1.807) is 7.11 Å². The highest BCUT2D eigenvalue weighted by Crippen LogP contribution is 2.14. The molecule has 2 atom stereocenters. The Balaban J connectivity index is 2.45. The second-order valence-corrected chi connectivity index (χ2v) is 3.96. The Labute approximate surface area is 97.9 Å². The molecule has 0 aromatic heterocycles. The molecule has 0 aliphatic heterocycles. The van der Waals surface area contributed by atoms with Crippen LogP contribution >= 0.6 is 0 Å². The zero-order valence-electron chi connectivity index (χ0n) is 10.3. The summed E-state index contributed by atoms with van der Waals surface area (Å²) in [4.78, 5) is 0. The predicted molar refractivity (Wildman–Crippen MR) is 66.6 cm³/mol. The number of benzene rings is 1. The fourth-order valence-electron chi connectivity index (χ4n) is 1.29. The first-order valence-corrected chi connectivity index (χ1v) is 5.54. The molecule has 2 heteroatoms. The van der Waals surface area contributed by atoms with Crippen molar-refractivity contribution < 1.29 is 9.47 Å². The van der Waals surface area contributed by atoms with Crippen molar-refractivity contribution in [2.45, 2.75) is 26.6 Å². The zero-order chi connectivity index (χ0) is 12.0. The second kappa shape index (κ2) is 6.33. The first-order valence-electron chi connectivity index (χ1n) is 5.54. The maximum absolute atomic E-state index is 5.74. The lowest BCUT2D eigenvalue weighted by atomic mass is 10.1. The van der Waals surface area contributed by atoms with Crippen LogP contribution in [0.4, 0.5) is 0 Å². The molecule has 0 saturated heterocycles. The summed E-state index contributed by atoms with van der Waals surface area (Å²) in [5.74, 6) is 1.24. The first-order chi connectivity index (χ1) is 7.67. The molecule has 16 heavy (non-hydrogen) atoms. The quantitative estimate of drug-likeness (QED) is 0.684. The molecule has 1 aromatic rings. The maximum atomic E-state index is 5.74. The lowest BCUT2D eigenvalue weighted by Gasteiger charge is -2.17. The highest BCUT2D eigenvalue weighted by Gasteiger charge is 2.08. The Hall–Kier alpha value is -1.28. The van der Waals surface area contributed by atoms with E-state index < -0.39 is 0 Å². The van der Waals surface area contributed by atoms with Crippen LogP contribution in [-0.2, 0) is 11.3 Å². The monoisotopic (exact) mass is 220 g/mol. The Kier molecular flexibility index (Phi) is 5.06. The van der Waals surface area contributed by atoms with E-state index in [4.69, 9.17) is 9.47 Å². The van der Waals surface area contributed by atoms with Crippen LogP contribution in [0, 0.1) is 5.92 Å². The highest BCUT2D eigenvalue weighted by molar-refractivity contribution is 5.26. The lowest BCUT2D eigenvalue weighted by molar-refractivity contribution is 0.0308. The van der Waals surface area contributed by atoms with Gasteiger partial charge in [0.2, 0.25) is 0 Å². The van der Waals surface area contributed by atoms with E-state index in [-0.39, 0.29) is 6.10 Å². The van der Waals surface area contributed by atoms with Crippen molar-refractivity contribution in [1.82, 2.24) is 0 Å². The third-order valence-corrected chi connectivity index (χ3v) is 2.78. The van der Waals surface area contributed by atoms with Gasteiger partial charge < -0.3 is 9.47 Å². The van der Waals surface area contributed by atoms with Crippen LogP contribution in [0.3, 0.4) is 0 Å². The third kappa shape index (κ3) is 3.70. The summed E-state index contributed by atoms with van der Waals surface area (Å²) in [7, 11) is 1.67. The Morgan fingerprint density at radius 3 is 2.38 bits per heavy atom. The molecule has 0 aliphatic rings. The van der Waals surface area contributed by atoms with Crippen molar-refractivity contribution in [3.8, 4) is 5.75 Å². The van der Waals surface area contributed by atoms with E-state index in [1.807, 2.05) is 30.3 Å². The van der Waals surface area contributed by atoms with Crippen LogP contribution < -0.4 is 4.74 Å². The lowest BCUT2D eigenvalue weighted by Crippen LogP contribution is -2.15. The van der Waals surface area contributed by atoms with Crippen LogP contribution in [0.5, 0.6) is 5.75 Å². The standard InChI is InChI=1S/C14H20O2/c1-5-11(2)12(3)16-10-13-6-8-14(15-4)9-7-13/h5-9,11-12H,1,10H2,2-4H3/t11-,12-/m0/s1. The summed E-state index contributed by atoms with van der Waals surface area (Å²) < 4.78 is 10.8. The number of hydrogen-bond donors (Lipinski definition) is 0. The molecule has 0 heterocycles. The molecule has 0 aliphatic carbocycles. The number of ether oxygens (including phenoxy) is 2. The van der Waals surface area contributed by atoms with Gasteiger partial charge >= 0.3 is 0 Å². The van der Waals surface area contributed by atoms with Crippen molar-refractivity contribution >= 4 is 0 Å². The van der Waals surface area contributed by atoms with E-state index in [0.717, 1.165) is 11.3 Å². The molecule has 0 unspecified atom stereocenters. The molecule has 0 fully saturated rings. The summed E-state index contributed by atoms with van der Waals surface area (Å²) in [5, 5.41) is 0. The topological polar surface area (TPSA) is 18.5 Å². The maximum Gasteiger partial charge on any atom is 0.118 e. The minimum Gasteiger partial charge on any atom is -0.497 e. The minimum absolute atomic E-state index is 0.194. The van der Waals surface area contributed by atoms with E-state index in [0.29, 0.717) is 12.5 Å². The Morgan fingerprint density at radius 1 is 1.25 bits per heavy atom. The second-order valence-electron chi connectivity index (χ2n) is 3.96. The van der Waals surface area contributed by atoms with Gasteiger partial charge in [0.25, 0.3) is 0 Å².